The minimum atomic E-state index is -0.503. The average Bonchev–Trinajstić information content (AvgIpc) is 3.31. The van der Waals surface area contributed by atoms with Crippen molar-refractivity contribution in [3.8, 4) is 11.8 Å². The third kappa shape index (κ3) is 8.98. The van der Waals surface area contributed by atoms with E-state index in [0.717, 1.165) is 28.2 Å². The number of amides is 1. The number of hydrogen-bond acceptors (Lipinski definition) is 5. The second kappa shape index (κ2) is 14.6. The van der Waals surface area contributed by atoms with Crippen LogP contribution in [0.25, 0.3) is 6.08 Å². The fraction of sp³-hybridized carbons (Fsp3) is 0.321. The van der Waals surface area contributed by atoms with E-state index in [0.29, 0.717) is 28.2 Å². The highest BCUT2D eigenvalue weighted by atomic mass is 35.5. The molecule has 0 bridgehead atoms. The number of thiazole rings is 1. The zero-order valence-corrected chi connectivity index (χ0v) is 22.6. The van der Waals surface area contributed by atoms with Crippen LogP contribution >= 0.6 is 34.5 Å². The molecule has 3 rings (SSSR count). The highest BCUT2D eigenvalue weighted by Gasteiger charge is 2.13. The molecule has 1 N–H and O–H groups in total. The summed E-state index contributed by atoms with van der Waals surface area (Å²) in [6.45, 7) is 2.90. The highest BCUT2D eigenvalue weighted by Crippen LogP contribution is 2.26. The number of carbonyl (C=O) groups is 1. The summed E-state index contributed by atoms with van der Waals surface area (Å²) in [6, 6.07) is 14.8. The topological polar surface area (TPSA) is 75.0 Å². The van der Waals surface area contributed by atoms with Crippen molar-refractivity contribution in [1.82, 2.24) is 4.98 Å². The number of benzene rings is 2. The average molecular weight is 543 g/mol. The van der Waals surface area contributed by atoms with Gasteiger partial charge in [0.05, 0.1) is 16.7 Å². The number of anilines is 1. The lowest BCUT2D eigenvalue weighted by atomic mass is 10.1. The molecule has 1 aromatic heterocycles. The molecule has 36 heavy (non-hydrogen) atoms. The van der Waals surface area contributed by atoms with Crippen LogP contribution in [0.4, 0.5) is 5.13 Å². The molecule has 0 fully saturated rings. The van der Waals surface area contributed by atoms with Crippen LogP contribution in [-0.4, -0.2) is 17.5 Å². The Labute approximate surface area is 226 Å². The van der Waals surface area contributed by atoms with E-state index in [2.05, 4.69) is 17.2 Å². The maximum atomic E-state index is 12.6. The second-order valence-corrected chi connectivity index (χ2v) is 10.3. The van der Waals surface area contributed by atoms with Crippen LogP contribution in [0, 0.1) is 11.3 Å². The van der Waals surface area contributed by atoms with E-state index in [9.17, 15) is 10.1 Å². The molecule has 188 valence electrons. The van der Waals surface area contributed by atoms with Crippen molar-refractivity contribution in [3.63, 3.8) is 0 Å². The minimum absolute atomic E-state index is 0.00280. The zero-order valence-electron chi connectivity index (χ0n) is 20.2. The minimum Gasteiger partial charge on any atom is -0.494 e. The quantitative estimate of drug-likeness (QED) is 0.134. The fourth-order valence-electron chi connectivity index (χ4n) is 3.51. The van der Waals surface area contributed by atoms with Gasteiger partial charge in [0.1, 0.15) is 17.4 Å². The van der Waals surface area contributed by atoms with E-state index in [1.165, 1.54) is 43.4 Å². The van der Waals surface area contributed by atoms with Crippen LogP contribution in [0.2, 0.25) is 10.0 Å². The molecule has 2 aromatic carbocycles. The van der Waals surface area contributed by atoms with Gasteiger partial charge in [0.15, 0.2) is 5.13 Å². The van der Waals surface area contributed by atoms with Crippen LogP contribution in [0.3, 0.4) is 0 Å². The van der Waals surface area contributed by atoms with Crippen molar-refractivity contribution in [1.29, 1.82) is 5.26 Å². The molecule has 0 aliphatic carbocycles. The van der Waals surface area contributed by atoms with E-state index < -0.39 is 5.91 Å². The Morgan fingerprint density at radius 1 is 1.08 bits per heavy atom. The van der Waals surface area contributed by atoms with E-state index in [1.54, 1.807) is 18.3 Å². The van der Waals surface area contributed by atoms with E-state index >= 15 is 0 Å². The van der Waals surface area contributed by atoms with Gasteiger partial charge in [-0.2, -0.15) is 5.26 Å². The third-order valence-corrected chi connectivity index (χ3v) is 7.11. The molecule has 8 heteroatoms. The molecule has 1 heterocycles. The molecule has 0 saturated heterocycles. The summed E-state index contributed by atoms with van der Waals surface area (Å²) in [5.74, 6) is 0.275. The number of ether oxygens (including phenoxy) is 1. The van der Waals surface area contributed by atoms with Gasteiger partial charge in [-0.3, -0.25) is 10.1 Å². The van der Waals surface area contributed by atoms with Crippen LogP contribution in [0.5, 0.6) is 5.75 Å². The largest absolute Gasteiger partial charge is 0.494 e. The molecular formula is C28H29Cl2N3O2S. The van der Waals surface area contributed by atoms with Crippen LogP contribution in [0.1, 0.15) is 61.5 Å². The first-order valence-electron chi connectivity index (χ1n) is 12.0. The summed E-state index contributed by atoms with van der Waals surface area (Å²) >= 11 is 13.4. The number of nitrogens with zero attached hydrogens (tertiary/aromatic N) is 2. The predicted octanol–water partition coefficient (Wildman–Crippen LogP) is 8.33. The van der Waals surface area contributed by atoms with Gasteiger partial charge in [-0.05, 0) is 47.9 Å². The molecule has 5 nitrogen and oxygen atoms in total. The Morgan fingerprint density at radius 3 is 2.56 bits per heavy atom. The summed E-state index contributed by atoms with van der Waals surface area (Å²) in [5.41, 5.74) is 1.73. The SMILES string of the molecule is CCCCCCCCOc1ccc(C=C(C#N)C(=O)Nc2ncc(Cc3ccc(Cl)c(Cl)c3)s2)cc1. The van der Waals surface area contributed by atoms with E-state index in [1.807, 2.05) is 42.5 Å². The molecular weight excluding hydrogens is 513 g/mol. The number of carbonyl (C=O) groups excluding carboxylic acids is 1. The predicted molar refractivity (Wildman–Crippen MR) is 149 cm³/mol. The molecule has 0 atom stereocenters. The number of nitrogens with one attached hydrogen (secondary N) is 1. The summed E-state index contributed by atoms with van der Waals surface area (Å²) in [6.07, 6.45) is 11.2. The lowest BCUT2D eigenvalue weighted by Crippen LogP contribution is -2.13. The summed E-state index contributed by atoms with van der Waals surface area (Å²) in [4.78, 5) is 17.8. The van der Waals surface area contributed by atoms with Crippen LogP contribution < -0.4 is 10.1 Å². The van der Waals surface area contributed by atoms with Gasteiger partial charge < -0.3 is 4.74 Å². The number of hydrogen-bond donors (Lipinski definition) is 1. The maximum Gasteiger partial charge on any atom is 0.268 e. The van der Waals surface area contributed by atoms with Crippen molar-refractivity contribution in [2.75, 3.05) is 11.9 Å². The zero-order chi connectivity index (χ0) is 25.8. The Hall–Kier alpha value is -2.85. The van der Waals surface area contributed by atoms with Crippen molar-refractivity contribution in [2.45, 2.75) is 51.9 Å². The number of nitriles is 1. The van der Waals surface area contributed by atoms with Gasteiger partial charge in [0, 0.05) is 17.5 Å². The van der Waals surface area contributed by atoms with Crippen molar-refractivity contribution in [3.05, 3.63) is 80.3 Å². The molecule has 0 radical (unpaired) electrons. The second-order valence-electron chi connectivity index (χ2n) is 8.37. The lowest BCUT2D eigenvalue weighted by molar-refractivity contribution is -0.112. The summed E-state index contributed by atoms with van der Waals surface area (Å²) < 4.78 is 5.80. The third-order valence-electron chi connectivity index (χ3n) is 5.46. The Bertz CT molecular complexity index is 1220. The van der Waals surface area contributed by atoms with Crippen LogP contribution in [-0.2, 0) is 11.2 Å². The number of rotatable bonds is 13. The molecule has 1 amide bonds. The Balaban J connectivity index is 1.51. The van der Waals surface area contributed by atoms with Gasteiger partial charge in [-0.1, -0.05) is 80.4 Å². The van der Waals surface area contributed by atoms with Gasteiger partial charge in [0.2, 0.25) is 0 Å². The molecule has 0 saturated carbocycles. The smallest absolute Gasteiger partial charge is 0.268 e. The maximum absolute atomic E-state index is 12.6. The van der Waals surface area contributed by atoms with Crippen molar-refractivity contribution >= 4 is 51.7 Å². The first kappa shape index (κ1) is 27.7. The van der Waals surface area contributed by atoms with Crippen molar-refractivity contribution in [2.24, 2.45) is 0 Å². The molecule has 0 aliphatic heterocycles. The monoisotopic (exact) mass is 541 g/mol. The summed E-state index contributed by atoms with van der Waals surface area (Å²) in [5, 5.41) is 13.6. The van der Waals surface area contributed by atoms with Crippen LogP contribution in [0.15, 0.2) is 54.2 Å². The summed E-state index contributed by atoms with van der Waals surface area (Å²) in [7, 11) is 0. The number of unbranched alkanes of at least 4 members (excludes halogenated alkanes) is 5. The van der Waals surface area contributed by atoms with Crippen molar-refractivity contribution < 1.29 is 9.53 Å². The number of aromatic nitrogens is 1. The lowest BCUT2D eigenvalue weighted by Gasteiger charge is -2.06. The first-order valence-corrected chi connectivity index (χ1v) is 13.6. The molecule has 3 aromatic rings. The van der Waals surface area contributed by atoms with E-state index in [-0.39, 0.29) is 5.57 Å². The molecule has 0 aliphatic rings. The Kier molecular flexibility index (Phi) is 11.3. The standard InChI is InChI=1S/C28H29Cl2N3O2S/c1-2-3-4-5-6-7-14-35-23-11-8-20(9-12-23)15-22(18-31)27(34)33-28-32-19-24(36-28)16-21-10-13-25(29)26(30)17-21/h8-13,15,17,19H,2-7,14,16H2,1H3,(H,32,33,34). The Morgan fingerprint density at radius 2 is 1.83 bits per heavy atom. The normalized spacial score (nSPS) is 11.2. The van der Waals surface area contributed by atoms with Gasteiger partial charge >= 0.3 is 0 Å². The van der Waals surface area contributed by atoms with E-state index in [4.69, 9.17) is 27.9 Å². The fourth-order valence-corrected chi connectivity index (χ4v) is 4.67. The van der Waals surface area contributed by atoms with Gasteiger partial charge in [-0.25, -0.2) is 4.98 Å². The molecule has 0 unspecified atom stereocenters. The molecule has 0 spiro atoms. The van der Waals surface area contributed by atoms with Gasteiger partial charge in [-0.15, -0.1) is 11.3 Å². The highest BCUT2D eigenvalue weighted by molar-refractivity contribution is 7.15. The first-order chi connectivity index (χ1) is 17.5. The van der Waals surface area contributed by atoms with Gasteiger partial charge in [0.25, 0.3) is 5.91 Å². The number of halogens is 2.